The first kappa shape index (κ1) is 12.7. The van der Waals surface area contributed by atoms with Gasteiger partial charge in [-0.1, -0.05) is 31.4 Å². The predicted octanol–water partition coefficient (Wildman–Crippen LogP) is 2.75. The van der Waals surface area contributed by atoms with E-state index in [1.807, 2.05) is 13.8 Å². The molecule has 0 amide bonds. The number of ketones is 3. The SMILES string of the molecule is CCCCC1C(=O)C(=O)c2ccc(C)cc2C1=O. The fourth-order valence-electron chi connectivity index (χ4n) is 2.33. The summed E-state index contributed by atoms with van der Waals surface area (Å²) in [6, 6.07) is 5.05. The van der Waals surface area contributed by atoms with Crippen LogP contribution in [0.1, 0.15) is 52.5 Å². The molecule has 1 unspecified atom stereocenters. The lowest BCUT2D eigenvalue weighted by Gasteiger charge is -2.21. The van der Waals surface area contributed by atoms with Gasteiger partial charge in [-0.15, -0.1) is 0 Å². The zero-order valence-electron chi connectivity index (χ0n) is 10.7. The van der Waals surface area contributed by atoms with Crippen molar-refractivity contribution in [2.45, 2.75) is 33.1 Å². The van der Waals surface area contributed by atoms with Crippen LogP contribution in [0.5, 0.6) is 0 Å². The van der Waals surface area contributed by atoms with Crippen molar-refractivity contribution in [2.24, 2.45) is 5.92 Å². The van der Waals surface area contributed by atoms with E-state index in [0.717, 1.165) is 18.4 Å². The molecular formula is C15H16O3. The first-order chi connectivity index (χ1) is 8.56. The van der Waals surface area contributed by atoms with Crippen LogP contribution in [0, 0.1) is 12.8 Å². The number of hydrogen-bond acceptors (Lipinski definition) is 3. The van der Waals surface area contributed by atoms with Crippen molar-refractivity contribution in [3.63, 3.8) is 0 Å². The number of hydrogen-bond donors (Lipinski definition) is 0. The van der Waals surface area contributed by atoms with E-state index >= 15 is 0 Å². The van der Waals surface area contributed by atoms with Crippen molar-refractivity contribution in [1.29, 1.82) is 0 Å². The molecule has 3 heteroatoms. The van der Waals surface area contributed by atoms with Crippen molar-refractivity contribution in [1.82, 2.24) is 0 Å². The monoisotopic (exact) mass is 244 g/mol. The molecule has 0 saturated heterocycles. The van der Waals surface area contributed by atoms with Gasteiger partial charge in [0.2, 0.25) is 11.6 Å². The third-order valence-electron chi connectivity index (χ3n) is 3.39. The van der Waals surface area contributed by atoms with Gasteiger partial charge >= 0.3 is 0 Å². The molecule has 0 saturated carbocycles. The Labute approximate surface area is 106 Å². The van der Waals surface area contributed by atoms with Crippen LogP contribution < -0.4 is 0 Å². The molecule has 1 aliphatic carbocycles. The van der Waals surface area contributed by atoms with Gasteiger partial charge in [-0.25, -0.2) is 0 Å². The number of aryl methyl sites for hydroxylation is 1. The average Bonchev–Trinajstić information content (AvgIpc) is 2.36. The summed E-state index contributed by atoms with van der Waals surface area (Å²) in [6.07, 6.45) is 2.18. The van der Waals surface area contributed by atoms with Gasteiger partial charge in [0.05, 0.1) is 5.92 Å². The van der Waals surface area contributed by atoms with Crippen LogP contribution in [0.3, 0.4) is 0 Å². The number of carbonyl (C=O) groups excluding carboxylic acids is 3. The lowest BCUT2D eigenvalue weighted by molar-refractivity contribution is -0.117. The second kappa shape index (κ2) is 4.84. The van der Waals surface area contributed by atoms with Gasteiger partial charge in [-0.05, 0) is 25.5 Å². The zero-order chi connectivity index (χ0) is 13.3. The summed E-state index contributed by atoms with van der Waals surface area (Å²) in [5.74, 6) is -1.99. The van der Waals surface area contributed by atoms with Crippen LogP contribution in [-0.2, 0) is 4.79 Å². The molecule has 0 fully saturated rings. The molecule has 1 atom stereocenters. The highest BCUT2D eigenvalue weighted by Gasteiger charge is 2.39. The maximum atomic E-state index is 12.3. The summed E-state index contributed by atoms with van der Waals surface area (Å²) in [5, 5.41) is 0. The molecular weight excluding hydrogens is 228 g/mol. The number of benzene rings is 1. The molecule has 0 aromatic heterocycles. The van der Waals surface area contributed by atoms with Crippen molar-refractivity contribution >= 4 is 17.3 Å². The minimum atomic E-state index is -0.758. The number of Topliss-reactive ketones (excluding diaryl/α,β-unsaturated/α-hetero) is 3. The van der Waals surface area contributed by atoms with Crippen LogP contribution in [-0.4, -0.2) is 17.3 Å². The predicted molar refractivity (Wildman–Crippen MR) is 67.9 cm³/mol. The smallest absolute Gasteiger partial charge is 0.230 e. The normalized spacial score (nSPS) is 19.0. The van der Waals surface area contributed by atoms with Crippen LogP contribution in [0.15, 0.2) is 18.2 Å². The summed E-state index contributed by atoms with van der Waals surface area (Å²) >= 11 is 0. The zero-order valence-corrected chi connectivity index (χ0v) is 10.7. The number of rotatable bonds is 3. The van der Waals surface area contributed by atoms with E-state index in [9.17, 15) is 14.4 Å². The Hall–Kier alpha value is -1.77. The van der Waals surface area contributed by atoms with E-state index in [4.69, 9.17) is 0 Å². The third kappa shape index (κ3) is 2.01. The Morgan fingerprint density at radius 3 is 2.44 bits per heavy atom. The largest absolute Gasteiger partial charge is 0.293 e. The standard InChI is InChI=1S/C15H16O3/c1-3-4-5-11-13(16)12-8-9(2)6-7-10(12)14(17)15(11)18/h6-8,11H,3-5H2,1-2H3. The Bertz CT molecular complexity index is 529. The molecule has 0 radical (unpaired) electrons. The number of carbonyl (C=O) groups is 3. The molecule has 1 aromatic carbocycles. The number of unbranched alkanes of at least 4 members (excludes halogenated alkanes) is 1. The maximum absolute atomic E-state index is 12.3. The van der Waals surface area contributed by atoms with Crippen molar-refractivity contribution in [3.8, 4) is 0 Å². The van der Waals surface area contributed by atoms with Gasteiger partial charge in [0.1, 0.15) is 0 Å². The summed E-state index contributed by atoms with van der Waals surface area (Å²) in [6.45, 7) is 3.87. The molecule has 1 aromatic rings. The van der Waals surface area contributed by atoms with Gasteiger partial charge in [-0.2, -0.15) is 0 Å². The summed E-state index contributed by atoms with van der Waals surface area (Å²) in [5.41, 5.74) is 1.61. The molecule has 0 bridgehead atoms. The Balaban J connectivity index is 2.44. The highest BCUT2D eigenvalue weighted by atomic mass is 16.2. The van der Waals surface area contributed by atoms with Crippen molar-refractivity contribution in [3.05, 3.63) is 34.9 Å². The average molecular weight is 244 g/mol. The molecule has 0 heterocycles. The molecule has 3 nitrogen and oxygen atoms in total. The van der Waals surface area contributed by atoms with E-state index in [1.165, 1.54) is 0 Å². The molecule has 0 spiro atoms. The first-order valence-electron chi connectivity index (χ1n) is 6.29. The van der Waals surface area contributed by atoms with E-state index in [2.05, 4.69) is 0 Å². The molecule has 2 rings (SSSR count). The second-order valence-electron chi connectivity index (χ2n) is 4.80. The highest BCUT2D eigenvalue weighted by Crippen LogP contribution is 2.27. The minimum absolute atomic E-state index is 0.188. The van der Waals surface area contributed by atoms with Crippen molar-refractivity contribution < 1.29 is 14.4 Å². The summed E-state index contributed by atoms with van der Waals surface area (Å²) in [7, 11) is 0. The number of fused-ring (bicyclic) bond motifs is 1. The molecule has 18 heavy (non-hydrogen) atoms. The van der Waals surface area contributed by atoms with E-state index in [0.29, 0.717) is 12.0 Å². The second-order valence-corrected chi connectivity index (χ2v) is 4.80. The summed E-state index contributed by atoms with van der Waals surface area (Å²) < 4.78 is 0. The van der Waals surface area contributed by atoms with Crippen LogP contribution in [0.4, 0.5) is 0 Å². The van der Waals surface area contributed by atoms with Gasteiger partial charge < -0.3 is 0 Å². The lowest BCUT2D eigenvalue weighted by Crippen LogP contribution is -2.37. The fraction of sp³-hybridized carbons (Fsp3) is 0.400. The van der Waals surface area contributed by atoms with Crippen LogP contribution >= 0.6 is 0 Å². The quantitative estimate of drug-likeness (QED) is 0.606. The lowest BCUT2D eigenvalue weighted by atomic mass is 9.78. The van der Waals surface area contributed by atoms with E-state index in [-0.39, 0.29) is 11.3 Å². The first-order valence-corrected chi connectivity index (χ1v) is 6.29. The Morgan fingerprint density at radius 2 is 1.78 bits per heavy atom. The van der Waals surface area contributed by atoms with Crippen LogP contribution in [0.25, 0.3) is 0 Å². The Kier molecular flexibility index (Phi) is 3.41. The van der Waals surface area contributed by atoms with E-state index in [1.54, 1.807) is 18.2 Å². The van der Waals surface area contributed by atoms with E-state index < -0.39 is 17.5 Å². The molecule has 94 valence electrons. The Morgan fingerprint density at radius 1 is 1.06 bits per heavy atom. The minimum Gasteiger partial charge on any atom is -0.293 e. The van der Waals surface area contributed by atoms with Gasteiger partial charge in [-0.3, -0.25) is 14.4 Å². The summed E-state index contributed by atoms with van der Waals surface area (Å²) in [4.78, 5) is 36.1. The molecule has 1 aliphatic rings. The third-order valence-corrected chi connectivity index (χ3v) is 3.39. The fourth-order valence-corrected chi connectivity index (χ4v) is 2.33. The molecule has 0 aliphatic heterocycles. The van der Waals surface area contributed by atoms with Gasteiger partial charge in [0.25, 0.3) is 0 Å². The topological polar surface area (TPSA) is 51.2 Å². The van der Waals surface area contributed by atoms with Crippen molar-refractivity contribution in [2.75, 3.05) is 0 Å². The van der Waals surface area contributed by atoms with Gasteiger partial charge in [0, 0.05) is 11.1 Å². The van der Waals surface area contributed by atoms with Gasteiger partial charge in [0.15, 0.2) is 5.78 Å². The molecule has 0 N–H and O–H groups in total. The maximum Gasteiger partial charge on any atom is 0.230 e. The van der Waals surface area contributed by atoms with Crippen LogP contribution in [0.2, 0.25) is 0 Å². The highest BCUT2D eigenvalue weighted by molar-refractivity contribution is 6.51.